The van der Waals surface area contributed by atoms with E-state index in [0.29, 0.717) is 0 Å². The van der Waals surface area contributed by atoms with Crippen LogP contribution < -0.4 is 16.8 Å². The van der Waals surface area contributed by atoms with Gasteiger partial charge in [0.05, 0.1) is 18.2 Å². The Morgan fingerprint density at radius 2 is 1.84 bits per heavy atom. The van der Waals surface area contributed by atoms with Crippen LogP contribution in [0.3, 0.4) is 0 Å². The average molecular weight is 295 g/mol. The molecular formula is C9H17N3O6S. The molecule has 0 aliphatic heterocycles. The van der Waals surface area contributed by atoms with E-state index in [2.05, 4.69) is 0 Å². The van der Waals surface area contributed by atoms with Gasteiger partial charge in [-0.3, -0.25) is 9.59 Å². The normalized spacial score (nSPS) is 14.4. The molecule has 19 heavy (non-hydrogen) atoms. The third kappa shape index (κ3) is 8.11. The van der Waals surface area contributed by atoms with Crippen molar-refractivity contribution < 1.29 is 27.9 Å². The SMILES string of the molecule is CS(=O)(=O)CCC(N)C(=O)N[C@H](CC(N)=O)C(=O)O. The number of nitrogens with one attached hydrogen (secondary N) is 1. The number of sulfone groups is 1. The van der Waals surface area contributed by atoms with E-state index in [9.17, 15) is 22.8 Å². The Morgan fingerprint density at radius 3 is 2.21 bits per heavy atom. The van der Waals surface area contributed by atoms with Crippen LogP contribution in [0.25, 0.3) is 0 Å². The molecule has 6 N–H and O–H groups in total. The van der Waals surface area contributed by atoms with Crippen molar-refractivity contribution >= 4 is 27.6 Å². The van der Waals surface area contributed by atoms with Crippen molar-refractivity contribution in [2.75, 3.05) is 12.0 Å². The van der Waals surface area contributed by atoms with Crippen molar-refractivity contribution in [3.63, 3.8) is 0 Å². The number of carboxylic acids is 1. The lowest BCUT2D eigenvalue weighted by atomic mass is 10.1. The maximum absolute atomic E-state index is 11.5. The van der Waals surface area contributed by atoms with E-state index >= 15 is 0 Å². The lowest BCUT2D eigenvalue weighted by molar-refractivity contribution is -0.143. The quantitative estimate of drug-likeness (QED) is 0.374. The van der Waals surface area contributed by atoms with Crippen molar-refractivity contribution in [2.24, 2.45) is 11.5 Å². The molecule has 10 heteroatoms. The fourth-order valence-corrected chi connectivity index (χ4v) is 1.83. The summed E-state index contributed by atoms with van der Waals surface area (Å²) < 4.78 is 21.8. The molecule has 0 bridgehead atoms. The van der Waals surface area contributed by atoms with Gasteiger partial charge in [-0.15, -0.1) is 0 Å². The number of hydrogen-bond acceptors (Lipinski definition) is 6. The predicted octanol–water partition coefficient (Wildman–Crippen LogP) is -2.81. The molecule has 2 atom stereocenters. The summed E-state index contributed by atoms with van der Waals surface area (Å²) in [7, 11) is -3.27. The molecular weight excluding hydrogens is 278 g/mol. The first-order valence-corrected chi connectivity index (χ1v) is 7.33. The Kier molecular flexibility index (Phi) is 6.42. The van der Waals surface area contributed by atoms with Crippen LogP contribution in [-0.4, -0.2) is 55.4 Å². The van der Waals surface area contributed by atoms with E-state index in [4.69, 9.17) is 16.6 Å². The number of carbonyl (C=O) groups excluding carboxylic acids is 2. The van der Waals surface area contributed by atoms with Crippen LogP contribution in [0.15, 0.2) is 0 Å². The molecule has 0 radical (unpaired) electrons. The van der Waals surface area contributed by atoms with Gasteiger partial charge in [-0.05, 0) is 6.42 Å². The van der Waals surface area contributed by atoms with Crippen molar-refractivity contribution in [3.05, 3.63) is 0 Å². The molecule has 1 unspecified atom stereocenters. The highest BCUT2D eigenvalue weighted by Crippen LogP contribution is 1.97. The fraction of sp³-hybridized carbons (Fsp3) is 0.667. The second-order valence-electron chi connectivity index (χ2n) is 4.09. The molecule has 0 saturated heterocycles. The molecule has 2 amide bonds. The summed E-state index contributed by atoms with van der Waals surface area (Å²) >= 11 is 0. The van der Waals surface area contributed by atoms with Crippen LogP contribution in [0.1, 0.15) is 12.8 Å². The average Bonchev–Trinajstić information content (AvgIpc) is 2.22. The largest absolute Gasteiger partial charge is 0.480 e. The highest BCUT2D eigenvalue weighted by Gasteiger charge is 2.25. The van der Waals surface area contributed by atoms with Crippen molar-refractivity contribution in [3.8, 4) is 0 Å². The van der Waals surface area contributed by atoms with Gasteiger partial charge < -0.3 is 21.9 Å². The zero-order valence-corrected chi connectivity index (χ0v) is 11.1. The zero-order valence-electron chi connectivity index (χ0n) is 10.3. The number of rotatable bonds is 8. The third-order valence-electron chi connectivity index (χ3n) is 2.16. The first-order chi connectivity index (χ1) is 8.53. The number of carboxylic acid groups (broad SMARTS) is 1. The summed E-state index contributed by atoms with van der Waals surface area (Å²) in [5.41, 5.74) is 10.3. The second-order valence-corrected chi connectivity index (χ2v) is 6.35. The lowest BCUT2D eigenvalue weighted by Gasteiger charge is -2.16. The summed E-state index contributed by atoms with van der Waals surface area (Å²) in [6.45, 7) is 0. The number of primary amides is 1. The molecule has 0 fully saturated rings. The van der Waals surface area contributed by atoms with E-state index in [-0.39, 0.29) is 12.2 Å². The van der Waals surface area contributed by atoms with Gasteiger partial charge in [0.15, 0.2) is 0 Å². The van der Waals surface area contributed by atoms with E-state index in [1.54, 1.807) is 0 Å². The van der Waals surface area contributed by atoms with Crippen LogP contribution in [0.2, 0.25) is 0 Å². The Balaban J connectivity index is 4.47. The zero-order chi connectivity index (χ0) is 15.2. The lowest BCUT2D eigenvalue weighted by Crippen LogP contribution is -2.50. The van der Waals surface area contributed by atoms with Gasteiger partial charge in [0, 0.05) is 6.26 Å². The minimum absolute atomic E-state index is 0.145. The van der Waals surface area contributed by atoms with Gasteiger partial charge in [0.25, 0.3) is 0 Å². The smallest absolute Gasteiger partial charge is 0.326 e. The Bertz CT molecular complexity index is 461. The van der Waals surface area contributed by atoms with E-state index < -0.39 is 46.1 Å². The van der Waals surface area contributed by atoms with E-state index in [1.807, 2.05) is 5.32 Å². The molecule has 0 aromatic rings. The Hall–Kier alpha value is -1.68. The van der Waals surface area contributed by atoms with Gasteiger partial charge in [0.1, 0.15) is 15.9 Å². The fourth-order valence-electron chi connectivity index (χ4n) is 1.15. The van der Waals surface area contributed by atoms with Crippen LogP contribution in [0.5, 0.6) is 0 Å². The maximum Gasteiger partial charge on any atom is 0.326 e. The van der Waals surface area contributed by atoms with Crippen molar-refractivity contribution in [1.29, 1.82) is 0 Å². The first kappa shape index (κ1) is 17.3. The highest BCUT2D eigenvalue weighted by molar-refractivity contribution is 7.90. The summed E-state index contributed by atoms with van der Waals surface area (Å²) in [5, 5.41) is 10.8. The molecule has 9 nitrogen and oxygen atoms in total. The van der Waals surface area contributed by atoms with E-state index in [0.717, 1.165) is 6.26 Å². The monoisotopic (exact) mass is 295 g/mol. The molecule has 0 spiro atoms. The van der Waals surface area contributed by atoms with Gasteiger partial charge in [-0.2, -0.15) is 0 Å². The minimum Gasteiger partial charge on any atom is -0.480 e. The summed E-state index contributed by atoms with van der Waals surface area (Å²) in [6.07, 6.45) is 0.276. The second kappa shape index (κ2) is 7.04. The molecule has 0 heterocycles. The third-order valence-corrected chi connectivity index (χ3v) is 3.13. The number of aliphatic carboxylic acids is 1. The highest BCUT2D eigenvalue weighted by atomic mass is 32.2. The molecule has 0 saturated carbocycles. The first-order valence-electron chi connectivity index (χ1n) is 5.27. The van der Waals surface area contributed by atoms with Crippen LogP contribution in [0, 0.1) is 0 Å². The number of amides is 2. The number of carbonyl (C=O) groups is 3. The molecule has 0 aliphatic carbocycles. The molecule has 0 aliphatic rings. The van der Waals surface area contributed by atoms with E-state index in [1.165, 1.54) is 0 Å². The molecule has 0 aromatic carbocycles. The predicted molar refractivity (Wildman–Crippen MR) is 65.7 cm³/mol. The summed E-state index contributed by atoms with van der Waals surface area (Å²) in [4.78, 5) is 32.9. The summed E-state index contributed by atoms with van der Waals surface area (Å²) in [6, 6.07) is -2.65. The molecule has 0 aromatic heterocycles. The minimum atomic E-state index is -3.27. The maximum atomic E-state index is 11.5. The van der Waals surface area contributed by atoms with Crippen LogP contribution in [0.4, 0.5) is 0 Å². The molecule has 0 rings (SSSR count). The van der Waals surface area contributed by atoms with Gasteiger partial charge >= 0.3 is 5.97 Å². The van der Waals surface area contributed by atoms with Gasteiger partial charge in [-0.1, -0.05) is 0 Å². The summed E-state index contributed by atoms with van der Waals surface area (Å²) in [5.74, 6) is -3.47. The van der Waals surface area contributed by atoms with Gasteiger partial charge in [0.2, 0.25) is 11.8 Å². The van der Waals surface area contributed by atoms with Crippen molar-refractivity contribution in [1.82, 2.24) is 5.32 Å². The van der Waals surface area contributed by atoms with Crippen molar-refractivity contribution in [2.45, 2.75) is 24.9 Å². The Morgan fingerprint density at radius 1 is 1.32 bits per heavy atom. The standard InChI is InChI=1S/C9H17N3O6S/c1-19(17,18)3-2-5(10)8(14)12-6(9(15)16)4-7(11)13/h5-6H,2-4,10H2,1H3,(H2,11,13)(H,12,14)(H,15,16)/t5?,6-/m1/s1. The topological polar surface area (TPSA) is 170 Å². The number of nitrogens with two attached hydrogens (primary N) is 2. The van der Waals surface area contributed by atoms with Gasteiger partial charge in [-0.25, -0.2) is 13.2 Å². The molecule has 110 valence electrons. The van der Waals surface area contributed by atoms with Crippen LogP contribution >= 0.6 is 0 Å². The number of hydrogen-bond donors (Lipinski definition) is 4. The Labute approximate surface area is 110 Å². The van der Waals surface area contributed by atoms with Crippen LogP contribution in [-0.2, 0) is 24.2 Å².